The van der Waals surface area contributed by atoms with E-state index in [0.29, 0.717) is 0 Å². The molecule has 0 aliphatic heterocycles. The average molecular weight is 629 g/mol. The second kappa shape index (κ2) is 16.4. The van der Waals surface area contributed by atoms with Gasteiger partial charge in [-0.15, -0.1) is 0 Å². The molecule has 0 bridgehead atoms. The van der Waals surface area contributed by atoms with E-state index in [4.69, 9.17) is 57.4 Å². The molecule has 0 saturated heterocycles. The molecule has 0 aliphatic carbocycles. The molecule has 22 heavy (non-hydrogen) atoms. The van der Waals surface area contributed by atoms with Crippen LogP contribution in [0.1, 0.15) is 0 Å². The van der Waals surface area contributed by atoms with E-state index in [9.17, 15) is 16.8 Å². The maximum absolute atomic E-state index is 10.1. The SMILES string of the molecule is O=P([O-])([O-])F.O=P([O-])([O-])F.O=P([O-])([O-])F.O=P([O-])([O-])F.[Sn+4].[Sn+4]. The molecule has 22 heteroatoms. The summed E-state index contributed by atoms with van der Waals surface area (Å²) in [7, 11) is -22.6. The molecule has 0 heterocycles. The van der Waals surface area contributed by atoms with Gasteiger partial charge in [0, 0.05) is 0 Å². The van der Waals surface area contributed by atoms with E-state index in [1.165, 1.54) is 0 Å². The van der Waals surface area contributed by atoms with Crippen molar-refractivity contribution in [1.29, 1.82) is 0 Å². The van der Waals surface area contributed by atoms with Crippen molar-refractivity contribution >= 4 is 79.4 Å². The van der Waals surface area contributed by atoms with Crippen LogP contribution in [0.4, 0.5) is 16.8 Å². The summed E-state index contributed by atoms with van der Waals surface area (Å²) >= 11 is 0. The monoisotopic (exact) mass is 632 g/mol. The predicted molar refractivity (Wildman–Crippen MR) is 46.4 cm³/mol. The Morgan fingerprint density at radius 1 is 0.409 bits per heavy atom. The maximum Gasteiger partial charge on any atom is 4.00 e. The number of hydrogen-bond acceptors (Lipinski definition) is 12. The summed E-state index contributed by atoms with van der Waals surface area (Å²) in [5.74, 6) is 0. The third-order valence-corrected chi connectivity index (χ3v) is 0. The zero-order valence-corrected chi connectivity index (χ0v) is 18.5. The van der Waals surface area contributed by atoms with Crippen molar-refractivity contribution in [2.24, 2.45) is 0 Å². The van der Waals surface area contributed by atoms with E-state index in [0.717, 1.165) is 0 Å². The van der Waals surface area contributed by atoms with Crippen LogP contribution < -0.4 is 39.1 Å². The van der Waals surface area contributed by atoms with Crippen LogP contribution in [-0.2, 0) is 18.3 Å². The molecular formula is F4O12P4Sn2. The first-order valence-corrected chi connectivity index (χ1v) is 8.60. The second-order valence-corrected chi connectivity index (χ2v) is 5.17. The first-order chi connectivity index (χ1) is 8.00. The van der Waals surface area contributed by atoms with Crippen molar-refractivity contribution in [1.82, 2.24) is 0 Å². The third-order valence-electron chi connectivity index (χ3n) is 0. The minimum Gasteiger partial charge on any atom is -0.786 e. The Hall–Kier alpha value is 1.92. The summed E-state index contributed by atoms with van der Waals surface area (Å²) in [5.41, 5.74) is 0. The fraction of sp³-hybridized carbons (Fsp3) is 0. The molecule has 0 amide bonds. The quantitative estimate of drug-likeness (QED) is 0.138. The van der Waals surface area contributed by atoms with Crippen molar-refractivity contribution in [2.75, 3.05) is 0 Å². The summed E-state index contributed by atoms with van der Waals surface area (Å²) < 4.78 is 74.3. The molecule has 0 aromatic heterocycles. The minimum atomic E-state index is -5.64. The smallest absolute Gasteiger partial charge is 0.786 e. The Kier molecular flexibility index (Phi) is 29.1. The molecule has 0 rings (SSSR count). The van der Waals surface area contributed by atoms with Crippen LogP contribution in [0.3, 0.4) is 0 Å². The fourth-order valence-corrected chi connectivity index (χ4v) is 0. The summed E-state index contributed by atoms with van der Waals surface area (Å²) in [6.07, 6.45) is 0. The third kappa shape index (κ3) is 2610. The molecule has 0 aromatic rings. The number of hydrogen-bond donors (Lipinski definition) is 0. The van der Waals surface area contributed by atoms with E-state index in [-0.39, 0.29) is 47.8 Å². The first kappa shape index (κ1) is 39.1. The van der Waals surface area contributed by atoms with Gasteiger partial charge in [-0.25, -0.2) is 16.8 Å². The Morgan fingerprint density at radius 3 is 0.409 bits per heavy atom. The van der Waals surface area contributed by atoms with E-state index >= 15 is 0 Å². The summed E-state index contributed by atoms with van der Waals surface area (Å²) in [6, 6.07) is 0. The molecule has 0 fully saturated rings. The molecule has 0 unspecified atom stereocenters. The van der Waals surface area contributed by atoms with Crippen LogP contribution in [0.25, 0.3) is 0 Å². The molecule has 0 aromatic carbocycles. The van der Waals surface area contributed by atoms with Gasteiger partial charge in [0.05, 0.1) is 0 Å². The van der Waals surface area contributed by atoms with Gasteiger partial charge in [-0.1, -0.05) is 0 Å². The summed E-state index contributed by atoms with van der Waals surface area (Å²) in [6.45, 7) is 0. The van der Waals surface area contributed by atoms with Gasteiger partial charge < -0.3 is 57.4 Å². The normalized spacial score (nSPS) is 10.7. The van der Waals surface area contributed by atoms with Crippen LogP contribution >= 0.6 is 31.6 Å². The molecule has 0 saturated carbocycles. The Bertz CT molecular complexity index is 302. The minimum absolute atomic E-state index is 0. The maximum atomic E-state index is 10.1. The zero-order valence-electron chi connectivity index (χ0n) is 9.20. The Balaban J connectivity index is -0.0000000376. The van der Waals surface area contributed by atoms with Crippen LogP contribution in [0.15, 0.2) is 0 Å². The Morgan fingerprint density at radius 2 is 0.409 bits per heavy atom. The molecule has 0 spiro atoms. The van der Waals surface area contributed by atoms with Gasteiger partial charge in [0.25, 0.3) is 0 Å². The van der Waals surface area contributed by atoms with Crippen LogP contribution in [0.2, 0.25) is 0 Å². The standard InChI is InChI=1S/4FH2O3P.2Sn/c4*1-5(2,3)4;;/h4*(H2,2,3,4);;/q;;;;2*+4/p-8. The average Bonchev–Trinajstić information content (AvgIpc) is 1.62. The van der Waals surface area contributed by atoms with Crippen molar-refractivity contribution in [3.63, 3.8) is 0 Å². The van der Waals surface area contributed by atoms with Crippen LogP contribution in [0.5, 0.6) is 0 Å². The van der Waals surface area contributed by atoms with E-state index in [2.05, 4.69) is 0 Å². The number of rotatable bonds is 0. The van der Waals surface area contributed by atoms with Crippen molar-refractivity contribution in [3.8, 4) is 0 Å². The van der Waals surface area contributed by atoms with Gasteiger partial charge in [-0.05, 0) is 0 Å². The van der Waals surface area contributed by atoms with Crippen LogP contribution in [0, 0.1) is 0 Å². The molecule has 12 nitrogen and oxygen atoms in total. The largest absolute Gasteiger partial charge is 4.00 e. The Labute approximate surface area is 153 Å². The first-order valence-electron chi connectivity index (χ1n) is 2.87. The van der Waals surface area contributed by atoms with E-state index in [1.807, 2.05) is 0 Å². The fourth-order valence-electron chi connectivity index (χ4n) is 0. The van der Waals surface area contributed by atoms with E-state index in [1.54, 1.807) is 0 Å². The van der Waals surface area contributed by atoms with Gasteiger partial charge in [0.15, 0.2) is 0 Å². The van der Waals surface area contributed by atoms with Gasteiger partial charge in [-0.2, -0.15) is 0 Å². The van der Waals surface area contributed by atoms with Gasteiger partial charge in [0.2, 0.25) is 0 Å². The molecular weight excluding hydrogens is 629 g/mol. The topological polar surface area (TPSA) is 253 Å². The van der Waals surface area contributed by atoms with Crippen molar-refractivity contribution < 1.29 is 74.2 Å². The molecule has 0 N–H and O–H groups in total. The van der Waals surface area contributed by atoms with Gasteiger partial charge in [-0.3, -0.25) is 0 Å². The molecule has 0 radical (unpaired) electrons. The van der Waals surface area contributed by atoms with Crippen molar-refractivity contribution in [2.45, 2.75) is 0 Å². The number of halogens is 4. The molecule has 0 atom stereocenters. The summed E-state index contributed by atoms with van der Waals surface area (Å²) in [5, 5.41) is 0. The second-order valence-electron chi connectivity index (χ2n) is 1.72. The molecule has 128 valence electrons. The van der Waals surface area contributed by atoms with Gasteiger partial charge in [0.1, 0.15) is 31.6 Å². The van der Waals surface area contributed by atoms with Crippen LogP contribution in [-0.4, -0.2) is 47.8 Å². The predicted octanol–water partition coefficient (Wildman–Crippen LogP) is -5.62. The van der Waals surface area contributed by atoms with E-state index < -0.39 is 31.6 Å². The molecule has 0 aliphatic rings. The van der Waals surface area contributed by atoms with Crippen molar-refractivity contribution in [3.05, 3.63) is 0 Å². The van der Waals surface area contributed by atoms with Gasteiger partial charge >= 0.3 is 47.8 Å². The zero-order chi connectivity index (χ0) is 18.0. The summed E-state index contributed by atoms with van der Waals surface area (Å²) in [4.78, 5) is 67.5.